The minimum atomic E-state index is -0.167. The number of amides is 1. The average Bonchev–Trinajstić information content (AvgIpc) is 2.62. The number of carbonyl (C=O) groups excluding carboxylic acids is 2. The monoisotopic (exact) mass is 437 g/mol. The number of nitrogens with zero attached hydrogens (tertiary/aromatic N) is 1. The van der Waals surface area contributed by atoms with Gasteiger partial charge in [0.15, 0.2) is 5.78 Å². The first-order chi connectivity index (χ1) is 13.3. The number of Topliss-reactive ketones (excluding diaryl/α,β-unsaturated/α-hetero) is 1. The zero-order chi connectivity index (χ0) is 20.1. The van der Waals surface area contributed by atoms with Crippen molar-refractivity contribution in [2.24, 2.45) is 5.41 Å². The van der Waals surface area contributed by atoms with E-state index < -0.39 is 0 Å². The molecule has 144 valence electrons. The molecule has 3 nitrogen and oxygen atoms in total. The first-order valence-corrected chi connectivity index (χ1v) is 10.5. The van der Waals surface area contributed by atoms with E-state index in [1.165, 1.54) is 0 Å². The topological polar surface area (TPSA) is 37.4 Å². The molecule has 0 N–H and O–H groups in total. The van der Waals surface area contributed by atoms with E-state index in [2.05, 4.69) is 29.8 Å². The van der Waals surface area contributed by atoms with Gasteiger partial charge in [-0.25, -0.2) is 0 Å². The molecule has 2 aromatic carbocycles. The van der Waals surface area contributed by atoms with E-state index in [9.17, 15) is 9.59 Å². The standard InChI is InChI=1S/C24H24BrNO2/c1-15-6-4-5-7-19(15)26-20-13-24(2,3)14-21(27)23(20)18(12-22(26)28)16-8-10-17(25)11-9-16/h4-11,18H,12-14H2,1-3H3. The minimum absolute atomic E-state index is 0.0615. The second-order valence-corrected chi connectivity index (χ2v) is 9.54. The molecule has 0 saturated heterocycles. The van der Waals surface area contributed by atoms with E-state index in [4.69, 9.17) is 0 Å². The first-order valence-electron chi connectivity index (χ1n) is 9.67. The fourth-order valence-electron chi connectivity index (χ4n) is 4.49. The van der Waals surface area contributed by atoms with Crippen LogP contribution in [0.3, 0.4) is 0 Å². The largest absolute Gasteiger partial charge is 0.294 e. The molecule has 28 heavy (non-hydrogen) atoms. The van der Waals surface area contributed by atoms with Crippen molar-refractivity contribution in [2.45, 2.75) is 46.0 Å². The molecule has 1 unspecified atom stereocenters. The van der Waals surface area contributed by atoms with Crippen LogP contribution in [0.2, 0.25) is 0 Å². The van der Waals surface area contributed by atoms with Crippen LogP contribution < -0.4 is 4.90 Å². The Bertz CT molecular complexity index is 988. The number of halogens is 1. The van der Waals surface area contributed by atoms with Crippen LogP contribution in [0.15, 0.2) is 64.3 Å². The highest BCUT2D eigenvalue weighted by Gasteiger charge is 2.44. The second kappa shape index (κ2) is 7.00. The Morgan fingerprint density at radius 2 is 1.68 bits per heavy atom. The summed E-state index contributed by atoms with van der Waals surface area (Å²) in [6, 6.07) is 15.9. The van der Waals surface area contributed by atoms with Crippen molar-refractivity contribution in [3.05, 3.63) is 75.4 Å². The maximum Gasteiger partial charge on any atom is 0.232 e. The summed E-state index contributed by atoms with van der Waals surface area (Å²) in [5.74, 6) is 0.0659. The summed E-state index contributed by atoms with van der Waals surface area (Å²) in [5, 5.41) is 0. The zero-order valence-corrected chi connectivity index (χ0v) is 18.0. The van der Waals surface area contributed by atoms with Gasteiger partial charge in [-0.15, -0.1) is 0 Å². The summed E-state index contributed by atoms with van der Waals surface area (Å²) >= 11 is 3.47. The third-order valence-electron chi connectivity index (χ3n) is 5.77. The highest BCUT2D eigenvalue weighted by Crippen LogP contribution is 2.48. The lowest BCUT2D eigenvalue weighted by Gasteiger charge is -2.43. The summed E-state index contributed by atoms with van der Waals surface area (Å²) in [5.41, 5.74) is 4.52. The predicted molar refractivity (Wildman–Crippen MR) is 115 cm³/mol. The van der Waals surface area contributed by atoms with Crippen molar-refractivity contribution < 1.29 is 9.59 Å². The van der Waals surface area contributed by atoms with Crippen LogP contribution in [0.5, 0.6) is 0 Å². The van der Waals surface area contributed by atoms with Crippen LogP contribution in [0.1, 0.15) is 50.2 Å². The lowest BCUT2D eigenvalue weighted by Crippen LogP contribution is -2.44. The summed E-state index contributed by atoms with van der Waals surface area (Å²) in [6.07, 6.45) is 1.57. The number of rotatable bonds is 2. The molecule has 1 aliphatic carbocycles. The van der Waals surface area contributed by atoms with Crippen LogP contribution in [0.4, 0.5) is 5.69 Å². The number of aryl methyl sites for hydroxylation is 1. The molecule has 2 aromatic rings. The van der Waals surface area contributed by atoms with Crippen molar-refractivity contribution in [2.75, 3.05) is 4.90 Å². The number of para-hydroxylation sites is 1. The number of allylic oxidation sites excluding steroid dienone is 2. The Hall–Kier alpha value is -2.20. The molecular weight excluding hydrogens is 414 g/mol. The molecule has 0 bridgehead atoms. The number of ketones is 1. The van der Waals surface area contributed by atoms with Crippen LogP contribution in [-0.2, 0) is 9.59 Å². The third-order valence-corrected chi connectivity index (χ3v) is 6.30. The van der Waals surface area contributed by atoms with Crippen LogP contribution in [0, 0.1) is 12.3 Å². The maximum absolute atomic E-state index is 13.3. The van der Waals surface area contributed by atoms with E-state index in [0.29, 0.717) is 12.8 Å². The SMILES string of the molecule is Cc1ccccc1N1C(=O)CC(c2ccc(Br)cc2)C2=C1CC(C)(C)CC2=O. The molecule has 1 aliphatic heterocycles. The smallest absolute Gasteiger partial charge is 0.232 e. The van der Waals surface area contributed by atoms with Crippen molar-refractivity contribution in [3.8, 4) is 0 Å². The zero-order valence-electron chi connectivity index (χ0n) is 16.5. The Kier molecular flexibility index (Phi) is 4.78. The highest BCUT2D eigenvalue weighted by atomic mass is 79.9. The van der Waals surface area contributed by atoms with Gasteiger partial charge in [-0.3, -0.25) is 14.5 Å². The summed E-state index contributed by atoms with van der Waals surface area (Å²) in [4.78, 5) is 28.4. The van der Waals surface area contributed by atoms with Gasteiger partial charge in [0.2, 0.25) is 5.91 Å². The van der Waals surface area contributed by atoms with Gasteiger partial charge in [-0.1, -0.05) is 60.1 Å². The molecule has 1 amide bonds. The number of carbonyl (C=O) groups is 2. The molecule has 2 aliphatic rings. The van der Waals surface area contributed by atoms with E-state index in [-0.39, 0.29) is 23.0 Å². The second-order valence-electron chi connectivity index (χ2n) is 8.63. The van der Waals surface area contributed by atoms with Gasteiger partial charge in [0, 0.05) is 34.5 Å². The Balaban J connectivity index is 1.91. The Labute approximate surface area is 174 Å². The number of anilines is 1. The van der Waals surface area contributed by atoms with E-state index >= 15 is 0 Å². The van der Waals surface area contributed by atoms with Gasteiger partial charge < -0.3 is 0 Å². The van der Waals surface area contributed by atoms with Crippen molar-refractivity contribution >= 4 is 33.3 Å². The number of hydrogen-bond acceptors (Lipinski definition) is 2. The number of hydrogen-bond donors (Lipinski definition) is 0. The van der Waals surface area contributed by atoms with Gasteiger partial charge in [-0.2, -0.15) is 0 Å². The molecule has 4 heteroatoms. The van der Waals surface area contributed by atoms with Gasteiger partial charge in [0.1, 0.15) is 0 Å². The summed E-state index contributed by atoms with van der Waals surface area (Å²) in [6.45, 7) is 6.23. The van der Waals surface area contributed by atoms with Gasteiger partial charge in [0.25, 0.3) is 0 Å². The van der Waals surface area contributed by atoms with E-state index in [1.807, 2.05) is 60.4 Å². The van der Waals surface area contributed by atoms with Crippen molar-refractivity contribution in [1.82, 2.24) is 0 Å². The molecule has 1 atom stereocenters. The third kappa shape index (κ3) is 3.35. The lowest BCUT2D eigenvalue weighted by molar-refractivity contribution is -0.121. The Morgan fingerprint density at radius 1 is 1.00 bits per heavy atom. The van der Waals surface area contributed by atoms with Gasteiger partial charge >= 0.3 is 0 Å². The lowest BCUT2D eigenvalue weighted by atomic mass is 9.69. The van der Waals surface area contributed by atoms with Gasteiger partial charge in [-0.05, 0) is 48.1 Å². The minimum Gasteiger partial charge on any atom is -0.294 e. The van der Waals surface area contributed by atoms with Crippen molar-refractivity contribution in [1.29, 1.82) is 0 Å². The Morgan fingerprint density at radius 3 is 2.36 bits per heavy atom. The van der Waals surface area contributed by atoms with E-state index in [0.717, 1.165) is 39.0 Å². The van der Waals surface area contributed by atoms with Crippen LogP contribution >= 0.6 is 15.9 Å². The molecule has 0 saturated carbocycles. The molecular formula is C24H24BrNO2. The normalized spacial score (nSPS) is 21.7. The predicted octanol–water partition coefficient (Wildman–Crippen LogP) is 5.92. The quantitative estimate of drug-likeness (QED) is 0.584. The fourth-order valence-corrected chi connectivity index (χ4v) is 4.75. The molecule has 0 radical (unpaired) electrons. The number of benzene rings is 2. The maximum atomic E-state index is 13.3. The van der Waals surface area contributed by atoms with E-state index in [1.54, 1.807) is 0 Å². The molecule has 4 rings (SSSR count). The average molecular weight is 438 g/mol. The molecule has 0 aromatic heterocycles. The molecule has 1 heterocycles. The highest BCUT2D eigenvalue weighted by molar-refractivity contribution is 9.10. The molecule has 0 fully saturated rings. The van der Waals surface area contributed by atoms with Crippen LogP contribution in [0.25, 0.3) is 0 Å². The van der Waals surface area contributed by atoms with Crippen LogP contribution in [-0.4, -0.2) is 11.7 Å². The first kappa shape index (κ1) is 19.1. The summed E-state index contributed by atoms with van der Waals surface area (Å²) < 4.78 is 0.991. The fraction of sp³-hybridized carbons (Fsp3) is 0.333. The summed E-state index contributed by atoms with van der Waals surface area (Å²) in [7, 11) is 0. The van der Waals surface area contributed by atoms with Crippen molar-refractivity contribution in [3.63, 3.8) is 0 Å². The molecule has 0 spiro atoms. The van der Waals surface area contributed by atoms with Gasteiger partial charge in [0.05, 0.1) is 5.69 Å².